The molecule has 0 aliphatic carbocycles. The number of benzene rings is 1. The summed E-state index contributed by atoms with van der Waals surface area (Å²) in [5, 5.41) is 7.47. The Balaban J connectivity index is 1.53. The van der Waals surface area contributed by atoms with E-state index in [1.165, 1.54) is 12.1 Å². The van der Waals surface area contributed by atoms with Crippen LogP contribution in [0.2, 0.25) is 0 Å². The van der Waals surface area contributed by atoms with E-state index in [0.717, 1.165) is 29.6 Å². The molecule has 27 heavy (non-hydrogen) atoms. The Hall–Kier alpha value is -2.74. The van der Waals surface area contributed by atoms with Gasteiger partial charge >= 0.3 is 0 Å². The van der Waals surface area contributed by atoms with Crippen molar-refractivity contribution in [3.8, 4) is 5.69 Å². The minimum atomic E-state index is -0.297. The number of carbonyl (C=O) groups is 1. The molecule has 3 heterocycles. The third kappa shape index (κ3) is 3.32. The minimum absolute atomic E-state index is 0.00264. The van der Waals surface area contributed by atoms with Gasteiger partial charge in [-0.15, -0.1) is 11.3 Å². The van der Waals surface area contributed by atoms with Gasteiger partial charge in [-0.05, 0) is 38.1 Å². The molecule has 1 aromatic carbocycles. The molecule has 140 valence electrons. The fraction of sp³-hybridized carbons (Fsp3) is 0.316. The predicted octanol–water partition coefficient (Wildman–Crippen LogP) is 3.05. The Morgan fingerprint density at radius 2 is 1.81 bits per heavy atom. The van der Waals surface area contributed by atoms with Crippen molar-refractivity contribution in [2.24, 2.45) is 0 Å². The van der Waals surface area contributed by atoms with Gasteiger partial charge in [0.1, 0.15) is 5.82 Å². The lowest BCUT2D eigenvalue weighted by molar-refractivity contribution is 0.0745. The number of nitrogens with zero attached hydrogens (tertiary/aromatic N) is 5. The molecule has 1 aliphatic rings. The summed E-state index contributed by atoms with van der Waals surface area (Å²) in [5.74, 6) is -0.299. The van der Waals surface area contributed by atoms with E-state index < -0.39 is 0 Å². The fourth-order valence-electron chi connectivity index (χ4n) is 3.42. The molecule has 8 heteroatoms. The minimum Gasteiger partial charge on any atom is -0.345 e. The van der Waals surface area contributed by atoms with E-state index in [4.69, 9.17) is 0 Å². The number of amides is 1. The Morgan fingerprint density at radius 1 is 1.11 bits per heavy atom. The first-order chi connectivity index (χ1) is 13.0. The maximum Gasteiger partial charge on any atom is 0.257 e. The highest BCUT2D eigenvalue weighted by atomic mass is 32.1. The van der Waals surface area contributed by atoms with E-state index in [0.29, 0.717) is 24.3 Å². The van der Waals surface area contributed by atoms with Crippen LogP contribution in [0.25, 0.3) is 5.69 Å². The molecule has 4 rings (SSSR count). The Kier molecular flexibility index (Phi) is 4.65. The zero-order valence-electron chi connectivity index (χ0n) is 15.2. The zero-order valence-corrected chi connectivity index (χ0v) is 16.0. The van der Waals surface area contributed by atoms with Crippen LogP contribution in [0, 0.1) is 19.7 Å². The average molecular weight is 385 g/mol. The fourth-order valence-corrected chi connectivity index (χ4v) is 4.11. The van der Waals surface area contributed by atoms with Gasteiger partial charge in [0.2, 0.25) is 0 Å². The quantitative estimate of drug-likeness (QED) is 0.695. The first kappa shape index (κ1) is 17.7. The largest absolute Gasteiger partial charge is 0.345 e. The highest BCUT2D eigenvalue weighted by Gasteiger charge is 2.27. The van der Waals surface area contributed by atoms with Crippen molar-refractivity contribution < 1.29 is 9.18 Å². The molecular formula is C19H20FN5OS. The number of anilines is 1. The molecule has 0 unspecified atom stereocenters. The second-order valence-corrected chi connectivity index (χ2v) is 7.40. The van der Waals surface area contributed by atoms with Crippen molar-refractivity contribution >= 4 is 22.4 Å². The second-order valence-electron chi connectivity index (χ2n) is 6.53. The summed E-state index contributed by atoms with van der Waals surface area (Å²) in [6, 6.07) is 6.11. The smallest absolute Gasteiger partial charge is 0.257 e. The highest BCUT2D eigenvalue weighted by molar-refractivity contribution is 7.13. The molecule has 1 saturated heterocycles. The number of piperazine rings is 1. The van der Waals surface area contributed by atoms with Gasteiger partial charge in [-0.2, -0.15) is 5.10 Å². The summed E-state index contributed by atoms with van der Waals surface area (Å²) in [6.45, 7) is 6.55. The molecule has 0 spiro atoms. The van der Waals surface area contributed by atoms with Gasteiger partial charge in [-0.1, -0.05) is 0 Å². The zero-order chi connectivity index (χ0) is 19.0. The molecule has 6 nitrogen and oxygen atoms in total. The third-order valence-electron chi connectivity index (χ3n) is 4.83. The van der Waals surface area contributed by atoms with Crippen LogP contribution in [0.5, 0.6) is 0 Å². The van der Waals surface area contributed by atoms with Gasteiger partial charge in [0.15, 0.2) is 5.13 Å². The van der Waals surface area contributed by atoms with Crippen LogP contribution < -0.4 is 4.90 Å². The number of thiazole rings is 1. The van der Waals surface area contributed by atoms with Crippen molar-refractivity contribution in [2.75, 3.05) is 31.1 Å². The SMILES string of the molecule is Cc1nn(-c2ccc(F)cc2)c(C)c1C(=O)N1CCN(c2nccs2)CC1. The summed E-state index contributed by atoms with van der Waals surface area (Å²) >= 11 is 1.61. The van der Waals surface area contributed by atoms with Gasteiger partial charge in [0.25, 0.3) is 5.91 Å². The van der Waals surface area contributed by atoms with Crippen molar-refractivity contribution in [3.05, 3.63) is 58.6 Å². The summed E-state index contributed by atoms with van der Waals surface area (Å²) in [5.41, 5.74) is 2.82. The average Bonchev–Trinajstić information content (AvgIpc) is 3.31. The molecule has 0 atom stereocenters. The monoisotopic (exact) mass is 385 g/mol. The number of hydrogen-bond acceptors (Lipinski definition) is 5. The standard InChI is InChI=1S/C19H20FN5OS/c1-13-17(14(2)25(22-13)16-5-3-15(20)4-6-16)18(26)23-8-10-24(11-9-23)19-21-7-12-27-19/h3-7,12H,8-11H2,1-2H3. The number of hydrogen-bond donors (Lipinski definition) is 0. The summed E-state index contributed by atoms with van der Waals surface area (Å²) in [6.07, 6.45) is 1.80. The topological polar surface area (TPSA) is 54.3 Å². The number of aromatic nitrogens is 3. The first-order valence-electron chi connectivity index (χ1n) is 8.80. The molecule has 1 aliphatic heterocycles. The van der Waals surface area contributed by atoms with Crippen LogP contribution >= 0.6 is 11.3 Å². The van der Waals surface area contributed by atoms with Crippen LogP contribution in [-0.2, 0) is 0 Å². The first-order valence-corrected chi connectivity index (χ1v) is 9.68. The normalized spacial score (nSPS) is 14.6. The molecular weight excluding hydrogens is 365 g/mol. The van der Waals surface area contributed by atoms with Gasteiger partial charge in [-0.25, -0.2) is 14.1 Å². The Bertz CT molecular complexity index is 943. The molecule has 1 fully saturated rings. The van der Waals surface area contributed by atoms with Gasteiger partial charge in [-0.3, -0.25) is 4.79 Å². The Morgan fingerprint density at radius 3 is 2.44 bits per heavy atom. The van der Waals surface area contributed by atoms with Gasteiger partial charge in [0, 0.05) is 37.8 Å². The molecule has 0 radical (unpaired) electrons. The number of aryl methyl sites for hydroxylation is 1. The molecule has 2 aromatic heterocycles. The van der Waals surface area contributed by atoms with Crippen molar-refractivity contribution in [1.82, 2.24) is 19.7 Å². The lowest BCUT2D eigenvalue weighted by atomic mass is 10.1. The highest BCUT2D eigenvalue weighted by Crippen LogP contribution is 2.23. The summed E-state index contributed by atoms with van der Waals surface area (Å²) in [4.78, 5) is 21.5. The molecule has 0 N–H and O–H groups in total. The van der Waals surface area contributed by atoms with Crippen LogP contribution in [0.4, 0.5) is 9.52 Å². The maximum absolute atomic E-state index is 13.2. The number of halogens is 1. The summed E-state index contributed by atoms with van der Waals surface area (Å²) < 4.78 is 14.9. The van der Waals surface area contributed by atoms with Gasteiger partial charge in [0.05, 0.1) is 22.6 Å². The van der Waals surface area contributed by atoms with Crippen molar-refractivity contribution in [1.29, 1.82) is 0 Å². The van der Waals surface area contributed by atoms with Crippen LogP contribution in [0.1, 0.15) is 21.7 Å². The van der Waals surface area contributed by atoms with E-state index in [1.807, 2.05) is 24.1 Å². The molecule has 3 aromatic rings. The van der Waals surface area contributed by atoms with Crippen molar-refractivity contribution in [2.45, 2.75) is 13.8 Å². The maximum atomic E-state index is 13.2. The number of rotatable bonds is 3. The third-order valence-corrected chi connectivity index (χ3v) is 5.67. The van der Waals surface area contributed by atoms with Crippen LogP contribution in [0.15, 0.2) is 35.8 Å². The predicted molar refractivity (Wildman–Crippen MR) is 103 cm³/mol. The molecule has 0 bridgehead atoms. The van der Waals surface area contributed by atoms with E-state index in [9.17, 15) is 9.18 Å². The van der Waals surface area contributed by atoms with Crippen LogP contribution in [0.3, 0.4) is 0 Å². The van der Waals surface area contributed by atoms with Gasteiger partial charge < -0.3 is 9.80 Å². The van der Waals surface area contributed by atoms with Crippen LogP contribution in [-0.4, -0.2) is 51.8 Å². The van der Waals surface area contributed by atoms with E-state index in [1.54, 1.807) is 34.3 Å². The van der Waals surface area contributed by atoms with E-state index >= 15 is 0 Å². The lowest BCUT2D eigenvalue weighted by Gasteiger charge is -2.34. The summed E-state index contributed by atoms with van der Waals surface area (Å²) in [7, 11) is 0. The second kappa shape index (κ2) is 7.11. The molecule has 0 saturated carbocycles. The van der Waals surface area contributed by atoms with E-state index in [2.05, 4.69) is 15.0 Å². The lowest BCUT2D eigenvalue weighted by Crippen LogP contribution is -2.49. The van der Waals surface area contributed by atoms with E-state index in [-0.39, 0.29) is 11.7 Å². The molecule has 1 amide bonds. The Labute approximate surface area is 160 Å². The van der Waals surface area contributed by atoms with Crippen molar-refractivity contribution in [3.63, 3.8) is 0 Å². The number of carbonyl (C=O) groups excluding carboxylic acids is 1.